The predicted octanol–water partition coefficient (Wildman–Crippen LogP) is 1.85. The van der Waals surface area contributed by atoms with Crippen LogP contribution in [0, 0.1) is 0 Å². The van der Waals surface area contributed by atoms with Gasteiger partial charge in [-0.15, -0.1) is 0 Å². The highest BCUT2D eigenvalue weighted by molar-refractivity contribution is 5.58. The van der Waals surface area contributed by atoms with E-state index in [0.717, 1.165) is 11.3 Å². The first-order valence-electron chi connectivity index (χ1n) is 3.93. The Morgan fingerprint density at radius 2 is 1.77 bits per heavy atom. The minimum Gasteiger partial charge on any atom is -0.508 e. The van der Waals surface area contributed by atoms with Crippen LogP contribution in [0.3, 0.4) is 0 Å². The second kappa shape index (κ2) is 3.23. The Morgan fingerprint density at radius 3 is 2.38 bits per heavy atom. The number of aromatic nitrogens is 2. The van der Waals surface area contributed by atoms with Crippen molar-refractivity contribution in [3.63, 3.8) is 0 Å². The van der Waals surface area contributed by atoms with Crippen LogP contribution in [0.2, 0.25) is 0 Å². The topological polar surface area (TPSA) is 46.0 Å². The molecule has 0 unspecified atom stereocenters. The van der Waals surface area contributed by atoms with Crippen LogP contribution in [0.4, 0.5) is 0 Å². The zero-order valence-electron chi connectivity index (χ0n) is 6.88. The molecule has 0 saturated heterocycles. The number of phenolic OH excluding ortho intramolecular Hbond substituents is 1. The summed E-state index contributed by atoms with van der Waals surface area (Å²) in [5, 5.41) is 16.8. The van der Waals surface area contributed by atoms with Crippen molar-refractivity contribution in [3.8, 4) is 17.0 Å². The summed E-state index contributed by atoms with van der Waals surface area (Å²) >= 11 is 0. The van der Waals surface area contributed by atoms with E-state index in [9.17, 15) is 0 Å². The molecule has 0 atom stereocenters. The highest BCUT2D eigenvalue weighted by atomic mass is 16.3. The lowest BCUT2D eigenvalue weighted by atomic mass is 10.1. The summed E-state index contributed by atoms with van der Waals surface area (Å²) in [5.41, 5.74) is 1.76. The van der Waals surface area contributed by atoms with E-state index in [0.29, 0.717) is 0 Å². The molecule has 1 N–H and O–H groups in total. The molecule has 1 aromatic carbocycles. The number of hydrogen-bond donors (Lipinski definition) is 1. The summed E-state index contributed by atoms with van der Waals surface area (Å²) in [6.45, 7) is 0. The Hall–Kier alpha value is -1.90. The smallest absolute Gasteiger partial charge is 0.115 e. The molecule has 0 aliphatic carbocycles. The Morgan fingerprint density at radius 1 is 1.00 bits per heavy atom. The summed E-state index contributed by atoms with van der Waals surface area (Å²) in [6, 6.07) is 10.6. The van der Waals surface area contributed by atoms with Crippen LogP contribution in [-0.2, 0) is 0 Å². The van der Waals surface area contributed by atoms with Gasteiger partial charge in [-0.25, -0.2) is 0 Å². The number of nitrogens with zero attached hydrogens (tertiary/aromatic N) is 2. The zero-order valence-corrected chi connectivity index (χ0v) is 6.88. The quantitative estimate of drug-likeness (QED) is 0.714. The van der Waals surface area contributed by atoms with Crippen LogP contribution >= 0.6 is 0 Å². The zero-order chi connectivity index (χ0) is 9.10. The summed E-state index contributed by atoms with van der Waals surface area (Å²) in [4.78, 5) is 0. The van der Waals surface area contributed by atoms with Gasteiger partial charge in [-0.05, 0) is 36.4 Å². The van der Waals surface area contributed by atoms with E-state index in [1.165, 1.54) is 0 Å². The molecule has 0 amide bonds. The lowest BCUT2D eigenvalue weighted by Crippen LogP contribution is -1.84. The molecule has 1 heterocycles. The molecule has 3 heteroatoms. The first-order chi connectivity index (χ1) is 6.36. The molecular formula is C10H8N2O. The summed E-state index contributed by atoms with van der Waals surface area (Å²) in [7, 11) is 0. The minimum atomic E-state index is 0.257. The van der Waals surface area contributed by atoms with Gasteiger partial charge in [0.2, 0.25) is 0 Å². The molecule has 13 heavy (non-hydrogen) atoms. The van der Waals surface area contributed by atoms with Crippen molar-refractivity contribution in [2.75, 3.05) is 0 Å². The molecule has 0 bridgehead atoms. The largest absolute Gasteiger partial charge is 0.508 e. The van der Waals surface area contributed by atoms with Crippen LogP contribution in [0.1, 0.15) is 0 Å². The van der Waals surface area contributed by atoms with E-state index < -0.39 is 0 Å². The summed E-state index contributed by atoms with van der Waals surface area (Å²) in [6.07, 6.45) is 1.63. The third kappa shape index (κ3) is 1.64. The van der Waals surface area contributed by atoms with Crippen molar-refractivity contribution in [3.05, 3.63) is 42.6 Å². The average Bonchev–Trinajstić information content (AvgIpc) is 2.20. The Bertz CT molecular complexity index is 383. The van der Waals surface area contributed by atoms with Crippen LogP contribution in [-0.4, -0.2) is 15.3 Å². The number of benzene rings is 1. The van der Waals surface area contributed by atoms with Gasteiger partial charge < -0.3 is 5.11 Å². The molecule has 2 aromatic rings. The lowest BCUT2D eigenvalue weighted by molar-refractivity contribution is 0.475. The van der Waals surface area contributed by atoms with Crippen LogP contribution < -0.4 is 0 Å². The summed E-state index contributed by atoms with van der Waals surface area (Å²) < 4.78 is 0. The van der Waals surface area contributed by atoms with E-state index in [1.54, 1.807) is 30.5 Å². The molecule has 3 nitrogen and oxygen atoms in total. The number of aromatic hydroxyl groups is 1. The fraction of sp³-hybridized carbons (Fsp3) is 0. The van der Waals surface area contributed by atoms with Gasteiger partial charge in [-0.2, -0.15) is 10.2 Å². The lowest BCUT2D eigenvalue weighted by Gasteiger charge is -1.98. The van der Waals surface area contributed by atoms with Crippen molar-refractivity contribution in [2.45, 2.75) is 0 Å². The average molecular weight is 172 g/mol. The maximum absolute atomic E-state index is 9.07. The van der Waals surface area contributed by atoms with Gasteiger partial charge in [0, 0.05) is 11.8 Å². The highest BCUT2D eigenvalue weighted by Crippen LogP contribution is 2.18. The van der Waals surface area contributed by atoms with Gasteiger partial charge in [0.1, 0.15) is 5.75 Å². The third-order valence-electron chi connectivity index (χ3n) is 1.74. The van der Waals surface area contributed by atoms with Crippen molar-refractivity contribution in [1.29, 1.82) is 0 Å². The van der Waals surface area contributed by atoms with Crippen molar-refractivity contribution >= 4 is 0 Å². The van der Waals surface area contributed by atoms with Gasteiger partial charge in [0.25, 0.3) is 0 Å². The molecule has 1 aromatic heterocycles. The van der Waals surface area contributed by atoms with E-state index in [4.69, 9.17) is 5.11 Å². The molecule has 0 radical (unpaired) electrons. The monoisotopic (exact) mass is 172 g/mol. The standard InChI is InChI=1S/C10H8N2O/c13-9-5-3-8(4-6-9)10-2-1-7-11-12-10/h1-7,13H. The first kappa shape index (κ1) is 7.73. The maximum atomic E-state index is 9.07. The second-order valence-corrected chi connectivity index (χ2v) is 2.66. The van der Waals surface area contributed by atoms with Crippen molar-refractivity contribution in [1.82, 2.24) is 10.2 Å². The first-order valence-corrected chi connectivity index (χ1v) is 3.93. The summed E-state index contributed by atoms with van der Waals surface area (Å²) in [5.74, 6) is 0.257. The third-order valence-corrected chi connectivity index (χ3v) is 1.74. The molecule has 0 aliphatic rings. The Balaban J connectivity index is 2.42. The fourth-order valence-electron chi connectivity index (χ4n) is 1.09. The van der Waals surface area contributed by atoms with E-state index in [-0.39, 0.29) is 5.75 Å². The van der Waals surface area contributed by atoms with Gasteiger partial charge >= 0.3 is 0 Å². The molecular weight excluding hydrogens is 164 g/mol. The van der Waals surface area contributed by atoms with Crippen molar-refractivity contribution < 1.29 is 5.11 Å². The second-order valence-electron chi connectivity index (χ2n) is 2.66. The maximum Gasteiger partial charge on any atom is 0.115 e. The number of rotatable bonds is 1. The molecule has 2 rings (SSSR count). The fourth-order valence-corrected chi connectivity index (χ4v) is 1.09. The number of hydrogen-bond acceptors (Lipinski definition) is 3. The normalized spacial score (nSPS) is 9.85. The molecule has 0 saturated carbocycles. The van der Waals surface area contributed by atoms with E-state index >= 15 is 0 Å². The van der Waals surface area contributed by atoms with E-state index in [1.807, 2.05) is 12.1 Å². The molecule has 0 spiro atoms. The molecule has 0 aliphatic heterocycles. The predicted molar refractivity (Wildman–Crippen MR) is 49.1 cm³/mol. The van der Waals surface area contributed by atoms with E-state index in [2.05, 4.69) is 10.2 Å². The molecule has 64 valence electrons. The minimum absolute atomic E-state index is 0.257. The highest BCUT2D eigenvalue weighted by Gasteiger charge is 1.97. The van der Waals surface area contributed by atoms with Gasteiger partial charge in [0.05, 0.1) is 5.69 Å². The van der Waals surface area contributed by atoms with Crippen LogP contribution in [0.5, 0.6) is 5.75 Å². The van der Waals surface area contributed by atoms with Crippen LogP contribution in [0.15, 0.2) is 42.6 Å². The molecule has 0 fully saturated rings. The van der Waals surface area contributed by atoms with Gasteiger partial charge in [0.15, 0.2) is 0 Å². The van der Waals surface area contributed by atoms with Crippen molar-refractivity contribution in [2.24, 2.45) is 0 Å². The SMILES string of the molecule is Oc1ccc(-c2cccnn2)cc1. The Kier molecular flexibility index (Phi) is 1.92. The van der Waals surface area contributed by atoms with Gasteiger partial charge in [-0.1, -0.05) is 0 Å². The van der Waals surface area contributed by atoms with Crippen LogP contribution in [0.25, 0.3) is 11.3 Å². The Labute approximate surface area is 75.7 Å². The number of phenols is 1. The van der Waals surface area contributed by atoms with Gasteiger partial charge in [-0.3, -0.25) is 0 Å².